The van der Waals surface area contributed by atoms with E-state index < -0.39 is 17.7 Å². The first-order chi connectivity index (χ1) is 14.4. The normalized spacial score (nSPS) is 23.4. The van der Waals surface area contributed by atoms with Gasteiger partial charge in [-0.1, -0.05) is 57.3 Å². The van der Waals surface area contributed by atoms with Gasteiger partial charge in [0.25, 0.3) is 11.7 Å². The van der Waals surface area contributed by atoms with Crippen LogP contribution >= 0.6 is 39.1 Å². The summed E-state index contributed by atoms with van der Waals surface area (Å²) in [5.41, 5.74) is 1.07. The number of halogens is 3. The van der Waals surface area contributed by atoms with Crippen molar-refractivity contribution >= 4 is 56.6 Å². The topological polar surface area (TPSA) is 66.8 Å². The van der Waals surface area contributed by atoms with E-state index in [1.54, 1.807) is 42.5 Å². The van der Waals surface area contributed by atoms with Crippen LogP contribution in [0.2, 0.25) is 10.0 Å². The summed E-state index contributed by atoms with van der Waals surface area (Å²) < 4.78 is 6.52. The first kappa shape index (κ1) is 21.4. The van der Waals surface area contributed by atoms with Gasteiger partial charge in [-0.15, -0.1) is 0 Å². The second-order valence-corrected chi connectivity index (χ2v) is 9.00. The highest BCUT2D eigenvalue weighted by molar-refractivity contribution is 9.10. The maximum absolute atomic E-state index is 13.0. The van der Waals surface area contributed by atoms with Crippen LogP contribution in [0.15, 0.2) is 52.5 Å². The van der Waals surface area contributed by atoms with Gasteiger partial charge in [0.15, 0.2) is 0 Å². The van der Waals surface area contributed by atoms with Crippen LogP contribution in [-0.4, -0.2) is 41.0 Å². The third-order valence-corrected chi connectivity index (χ3v) is 6.61. The minimum Gasteiger partial charge on any atom is -0.507 e. The molecule has 2 aliphatic heterocycles. The number of nitrogens with zero attached hydrogens (tertiary/aromatic N) is 1. The van der Waals surface area contributed by atoms with Crippen molar-refractivity contribution in [3.63, 3.8) is 0 Å². The Bertz CT molecular complexity index is 1030. The van der Waals surface area contributed by atoms with Crippen LogP contribution in [0.4, 0.5) is 0 Å². The largest absolute Gasteiger partial charge is 0.507 e. The van der Waals surface area contributed by atoms with Gasteiger partial charge in [-0.3, -0.25) is 9.59 Å². The fourth-order valence-corrected chi connectivity index (χ4v) is 4.44. The molecule has 0 aliphatic carbocycles. The highest BCUT2D eigenvalue weighted by atomic mass is 79.9. The summed E-state index contributed by atoms with van der Waals surface area (Å²) in [5.74, 6) is -1.63. The van der Waals surface area contributed by atoms with Crippen molar-refractivity contribution in [2.45, 2.75) is 25.0 Å². The van der Waals surface area contributed by atoms with E-state index in [4.69, 9.17) is 27.9 Å². The number of carbonyl (C=O) groups excluding carboxylic acids is 2. The lowest BCUT2D eigenvalue weighted by molar-refractivity contribution is -0.140. The molecule has 2 aromatic carbocycles. The molecule has 0 radical (unpaired) electrons. The molecule has 2 unspecified atom stereocenters. The number of aliphatic hydroxyl groups is 1. The first-order valence-corrected chi connectivity index (χ1v) is 11.0. The lowest BCUT2D eigenvalue weighted by Gasteiger charge is -2.27. The van der Waals surface area contributed by atoms with Gasteiger partial charge in [0.2, 0.25) is 0 Å². The molecule has 1 N–H and O–H groups in total. The lowest BCUT2D eigenvalue weighted by atomic mass is 9.95. The highest BCUT2D eigenvalue weighted by Gasteiger charge is 2.47. The number of ether oxygens (including phenoxy) is 1. The molecule has 2 heterocycles. The number of ketones is 1. The van der Waals surface area contributed by atoms with E-state index in [2.05, 4.69) is 15.9 Å². The third-order valence-electron chi connectivity index (χ3n) is 5.34. The van der Waals surface area contributed by atoms with E-state index in [0.29, 0.717) is 27.8 Å². The zero-order valence-corrected chi connectivity index (χ0v) is 18.9. The van der Waals surface area contributed by atoms with Crippen LogP contribution in [0.3, 0.4) is 0 Å². The molecule has 156 valence electrons. The molecule has 0 saturated carbocycles. The van der Waals surface area contributed by atoms with Gasteiger partial charge in [-0.05, 0) is 42.7 Å². The SMILES string of the molecule is O=C1C(=O)N(CC2CCCO2)C(c2ccc(Cl)c(Cl)c2)C1=C(O)c1ccc(Br)cc1. The molecule has 5 nitrogen and oxygen atoms in total. The third kappa shape index (κ3) is 4.02. The molecule has 2 aliphatic rings. The summed E-state index contributed by atoms with van der Waals surface area (Å²) in [6.45, 7) is 0.886. The fourth-order valence-electron chi connectivity index (χ4n) is 3.87. The van der Waals surface area contributed by atoms with E-state index in [1.165, 1.54) is 4.90 Å². The summed E-state index contributed by atoms with van der Waals surface area (Å²) >= 11 is 15.6. The Morgan fingerprint density at radius 3 is 2.50 bits per heavy atom. The van der Waals surface area contributed by atoms with Crippen molar-refractivity contribution in [3.05, 3.63) is 73.7 Å². The number of amides is 1. The zero-order valence-electron chi connectivity index (χ0n) is 15.8. The quantitative estimate of drug-likeness (QED) is 0.341. The van der Waals surface area contributed by atoms with Crippen LogP contribution in [0.25, 0.3) is 5.76 Å². The molecule has 0 aromatic heterocycles. The fraction of sp³-hybridized carbons (Fsp3) is 0.273. The van der Waals surface area contributed by atoms with Crippen molar-refractivity contribution in [3.8, 4) is 0 Å². The molecular formula is C22H18BrCl2NO4. The number of rotatable bonds is 4. The number of hydrogen-bond donors (Lipinski definition) is 1. The van der Waals surface area contributed by atoms with Gasteiger partial charge < -0.3 is 14.7 Å². The maximum atomic E-state index is 13.0. The zero-order chi connectivity index (χ0) is 21.4. The molecule has 2 saturated heterocycles. The highest BCUT2D eigenvalue weighted by Crippen LogP contribution is 2.41. The second kappa shape index (κ2) is 8.71. The second-order valence-electron chi connectivity index (χ2n) is 7.27. The first-order valence-electron chi connectivity index (χ1n) is 9.47. The molecular weight excluding hydrogens is 493 g/mol. The minimum absolute atomic E-state index is 0.0266. The number of aliphatic hydroxyl groups excluding tert-OH is 1. The van der Waals surface area contributed by atoms with Crippen molar-refractivity contribution in [2.75, 3.05) is 13.2 Å². The van der Waals surface area contributed by atoms with Crippen molar-refractivity contribution in [1.29, 1.82) is 0 Å². The average Bonchev–Trinajstić information content (AvgIpc) is 3.33. The molecule has 8 heteroatoms. The maximum Gasteiger partial charge on any atom is 0.295 e. The van der Waals surface area contributed by atoms with Crippen molar-refractivity contribution in [2.24, 2.45) is 0 Å². The Kier molecular flexibility index (Phi) is 6.21. The van der Waals surface area contributed by atoms with E-state index in [9.17, 15) is 14.7 Å². The van der Waals surface area contributed by atoms with E-state index in [1.807, 2.05) is 0 Å². The molecule has 0 spiro atoms. The predicted molar refractivity (Wildman–Crippen MR) is 119 cm³/mol. The average molecular weight is 511 g/mol. The number of carbonyl (C=O) groups is 2. The van der Waals surface area contributed by atoms with Crippen LogP contribution in [0.5, 0.6) is 0 Å². The molecule has 4 rings (SSSR count). The molecule has 1 amide bonds. The number of benzene rings is 2. The standard InChI is InChI=1S/C22H18BrCl2NO4/c23-14-6-3-12(4-7-14)20(27)18-19(13-5-8-16(24)17(25)10-13)26(22(29)21(18)28)11-15-2-1-9-30-15/h3-8,10,15,19,27H,1-2,9,11H2. The van der Waals surface area contributed by atoms with Crippen molar-refractivity contribution < 1.29 is 19.4 Å². The molecule has 2 aromatic rings. The van der Waals surface area contributed by atoms with Gasteiger partial charge in [0.05, 0.1) is 27.8 Å². The Labute approximate surface area is 192 Å². The smallest absolute Gasteiger partial charge is 0.295 e. The summed E-state index contributed by atoms with van der Waals surface area (Å²) in [6.07, 6.45) is 1.57. The Morgan fingerprint density at radius 2 is 1.87 bits per heavy atom. The number of hydrogen-bond acceptors (Lipinski definition) is 4. The molecule has 0 bridgehead atoms. The number of likely N-dealkylation sites (tertiary alicyclic amines) is 1. The lowest BCUT2D eigenvalue weighted by Crippen LogP contribution is -2.36. The Morgan fingerprint density at radius 1 is 1.13 bits per heavy atom. The summed E-state index contributed by atoms with van der Waals surface area (Å²) in [5, 5.41) is 11.7. The van der Waals surface area contributed by atoms with Crippen LogP contribution in [-0.2, 0) is 14.3 Å². The minimum atomic E-state index is -0.785. The summed E-state index contributed by atoms with van der Waals surface area (Å²) in [7, 11) is 0. The molecule has 2 atom stereocenters. The van der Waals surface area contributed by atoms with Crippen LogP contribution < -0.4 is 0 Å². The Balaban J connectivity index is 1.84. The van der Waals surface area contributed by atoms with Crippen LogP contribution in [0.1, 0.15) is 30.0 Å². The van der Waals surface area contributed by atoms with E-state index >= 15 is 0 Å². The molecule has 30 heavy (non-hydrogen) atoms. The summed E-state index contributed by atoms with van der Waals surface area (Å²) in [4.78, 5) is 27.4. The predicted octanol–water partition coefficient (Wildman–Crippen LogP) is 5.36. The summed E-state index contributed by atoms with van der Waals surface area (Å²) in [6, 6.07) is 11.0. The van der Waals surface area contributed by atoms with E-state index in [-0.39, 0.29) is 24.0 Å². The molecule has 2 fully saturated rings. The van der Waals surface area contributed by atoms with Crippen LogP contribution in [0, 0.1) is 0 Å². The van der Waals surface area contributed by atoms with E-state index in [0.717, 1.165) is 17.3 Å². The Hall–Kier alpha value is -1.86. The van der Waals surface area contributed by atoms with Gasteiger partial charge >= 0.3 is 0 Å². The monoisotopic (exact) mass is 509 g/mol. The van der Waals surface area contributed by atoms with Gasteiger partial charge in [0.1, 0.15) is 5.76 Å². The number of Topliss-reactive ketones (excluding diaryl/α,β-unsaturated/α-hetero) is 1. The van der Waals surface area contributed by atoms with Gasteiger partial charge in [-0.2, -0.15) is 0 Å². The van der Waals surface area contributed by atoms with Gasteiger partial charge in [0, 0.05) is 23.2 Å². The van der Waals surface area contributed by atoms with Gasteiger partial charge in [-0.25, -0.2) is 0 Å². The van der Waals surface area contributed by atoms with Crippen molar-refractivity contribution in [1.82, 2.24) is 4.90 Å².